The van der Waals surface area contributed by atoms with Gasteiger partial charge in [-0.1, -0.05) is 18.2 Å². The molecule has 3 N–H and O–H groups in total. The lowest BCUT2D eigenvalue weighted by Crippen LogP contribution is -2.21. The molecule has 0 saturated carbocycles. The highest BCUT2D eigenvalue weighted by molar-refractivity contribution is 7.92. The van der Waals surface area contributed by atoms with Crippen LogP contribution < -0.4 is 10.5 Å². The van der Waals surface area contributed by atoms with Crippen molar-refractivity contribution < 1.29 is 17.9 Å². The Morgan fingerprint density at radius 1 is 1.37 bits per heavy atom. The average molecular weight is 286 g/mol. The van der Waals surface area contributed by atoms with Crippen molar-refractivity contribution in [3.8, 4) is 0 Å². The van der Waals surface area contributed by atoms with Crippen molar-refractivity contribution in [1.29, 1.82) is 0 Å². The van der Waals surface area contributed by atoms with Crippen LogP contribution in [0, 0.1) is 0 Å². The maximum Gasteiger partial charge on any atom is 0.306 e. The standard InChI is InChI=1S/C12H18N2O4S/c1-2-18-12(15)7-8-19(16,17)14-11-6-4-3-5-10(11)9-13/h3-6,14H,2,7-9,13H2,1H3. The van der Waals surface area contributed by atoms with Crippen LogP contribution in [0.1, 0.15) is 18.9 Å². The van der Waals surface area contributed by atoms with Gasteiger partial charge in [0.1, 0.15) is 0 Å². The van der Waals surface area contributed by atoms with Gasteiger partial charge in [0.05, 0.1) is 24.5 Å². The first-order valence-electron chi connectivity index (χ1n) is 5.92. The summed E-state index contributed by atoms with van der Waals surface area (Å²) in [6, 6.07) is 6.86. The molecule has 0 amide bonds. The molecule has 0 heterocycles. The van der Waals surface area contributed by atoms with Crippen LogP contribution in [0.3, 0.4) is 0 Å². The van der Waals surface area contributed by atoms with Crippen molar-refractivity contribution in [2.45, 2.75) is 19.9 Å². The van der Waals surface area contributed by atoms with Gasteiger partial charge in [0, 0.05) is 6.54 Å². The van der Waals surface area contributed by atoms with E-state index in [1.54, 1.807) is 31.2 Å². The van der Waals surface area contributed by atoms with Crippen molar-refractivity contribution in [3.63, 3.8) is 0 Å². The molecule has 0 spiro atoms. The molecule has 0 aromatic heterocycles. The molecule has 106 valence electrons. The van der Waals surface area contributed by atoms with Crippen LogP contribution in [0.15, 0.2) is 24.3 Å². The van der Waals surface area contributed by atoms with E-state index in [1.165, 1.54) is 0 Å². The number of carbonyl (C=O) groups is 1. The van der Waals surface area contributed by atoms with E-state index in [0.29, 0.717) is 11.3 Å². The largest absolute Gasteiger partial charge is 0.466 e. The van der Waals surface area contributed by atoms with Gasteiger partial charge in [-0.15, -0.1) is 0 Å². The molecule has 0 bridgehead atoms. The molecule has 0 aliphatic carbocycles. The molecule has 6 nitrogen and oxygen atoms in total. The van der Waals surface area contributed by atoms with E-state index in [0.717, 1.165) is 0 Å². The van der Waals surface area contributed by atoms with Gasteiger partial charge >= 0.3 is 5.97 Å². The summed E-state index contributed by atoms with van der Waals surface area (Å²) in [4.78, 5) is 11.1. The molecule has 1 aromatic carbocycles. The third-order valence-electron chi connectivity index (χ3n) is 2.38. The fourth-order valence-corrected chi connectivity index (χ4v) is 2.54. The van der Waals surface area contributed by atoms with Crippen LogP contribution >= 0.6 is 0 Å². The summed E-state index contributed by atoms with van der Waals surface area (Å²) in [7, 11) is -3.59. The summed E-state index contributed by atoms with van der Waals surface area (Å²) in [5, 5.41) is 0. The highest BCUT2D eigenvalue weighted by Crippen LogP contribution is 2.16. The number of anilines is 1. The first kappa shape index (κ1) is 15.5. The molecule has 7 heteroatoms. The Morgan fingerprint density at radius 3 is 2.68 bits per heavy atom. The van der Waals surface area contributed by atoms with Gasteiger partial charge in [-0.3, -0.25) is 9.52 Å². The summed E-state index contributed by atoms with van der Waals surface area (Å²) in [5.41, 5.74) is 6.66. The second kappa shape index (κ2) is 7.10. The molecule has 0 aliphatic rings. The monoisotopic (exact) mass is 286 g/mol. The lowest BCUT2D eigenvalue weighted by molar-refractivity contribution is -0.142. The number of sulfonamides is 1. The van der Waals surface area contributed by atoms with E-state index in [-0.39, 0.29) is 25.3 Å². The zero-order valence-corrected chi connectivity index (χ0v) is 11.6. The molecule has 1 aromatic rings. The second-order valence-corrected chi connectivity index (χ2v) is 5.68. The van der Waals surface area contributed by atoms with Crippen LogP contribution in [0.4, 0.5) is 5.69 Å². The van der Waals surface area contributed by atoms with Gasteiger partial charge in [0.15, 0.2) is 0 Å². The van der Waals surface area contributed by atoms with Crippen LogP contribution in [0.25, 0.3) is 0 Å². The first-order chi connectivity index (χ1) is 8.98. The molecule has 0 radical (unpaired) electrons. The van der Waals surface area contributed by atoms with E-state index in [2.05, 4.69) is 9.46 Å². The van der Waals surface area contributed by atoms with Crippen LogP contribution in [0.2, 0.25) is 0 Å². The number of para-hydroxylation sites is 1. The first-order valence-corrected chi connectivity index (χ1v) is 7.58. The molecular formula is C12H18N2O4S. The predicted molar refractivity (Wildman–Crippen MR) is 73.0 cm³/mol. The van der Waals surface area contributed by atoms with Crippen molar-refractivity contribution in [2.24, 2.45) is 5.73 Å². The highest BCUT2D eigenvalue weighted by Gasteiger charge is 2.15. The van der Waals surface area contributed by atoms with E-state index < -0.39 is 16.0 Å². The van der Waals surface area contributed by atoms with E-state index >= 15 is 0 Å². The number of hydrogen-bond acceptors (Lipinski definition) is 5. The van der Waals surface area contributed by atoms with Crippen LogP contribution in [-0.2, 0) is 26.1 Å². The molecule has 0 aliphatic heterocycles. The summed E-state index contributed by atoms with van der Waals surface area (Å²) in [5.74, 6) is -0.843. The van der Waals surface area contributed by atoms with E-state index in [1.807, 2.05) is 0 Å². The van der Waals surface area contributed by atoms with E-state index in [9.17, 15) is 13.2 Å². The number of nitrogens with one attached hydrogen (secondary N) is 1. The van der Waals surface area contributed by atoms with E-state index in [4.69, 9.17) is 5.73 Å². The quantitative estimate of drug-likeness (QED) is 0.724. The number of nitrogens with two attached hydrogens (primary N) is 1. The van der Waals surface area contributed by atoms with Crippen molar-refractivity contribution in [1.82, 2.24) is 0 Å². The number of rotatable bonds is 7. The fraction of sp³-hybridized carbons (Fsp3) is 0.417. The number of ether oxygens (including phenoxy) is 1. The summed E-state index contributed by atoms with van der Waals surface area (Å²) in [6.45, 7) is 2.14. The minimum absolute atomic E-state index is 0.173. The maximum atomic E-state index is 11.8. The van der Waals surface area contributed by atoms with Gasteiger partial charge in [-0.05, 0) is 18.6 Å². The molecule has 19 heavy (non-hydrogen) atoms. The topological polar surface area (TPSA) is 98.5 Å². The third kappa shape index (κ3) is 5.27. The molecule has 0 saturated heterocycles. The van der Waals surface area contributed by atoms with Crippen molar-refractivity contribution in [2.75, 3.05) is 17.1 Å². The molecule has 1 rings (SSSR count). The molecular weight excluding hydrogens is 268 g/mol. The zero-order chi connectivity index (χ0) is 14.3. The smallest absolute Gasteiger partial charge is 0.306 e. The Hall–Kier alpha value is -1.60. The lowest BCUT2D eigenvalue weighted by Gasteiger charge is -2.11. The van der Waals surface area contributed by atoms with Crippen LogP contribution in [-0.4, -0.2) is 26.7 Å². The number of carbonyl (C=O) groups excluding carboxylic acids is 1. The lowest BCUT2D eigenvalue weighted by atomic mass is 10.2. The fourth-order valence-electron chi connectivity index (χ4n) is 1.47. The number of esters is 1. The Kier molecular flexibility index (Phi) is 5.78. The van der Waals surface area contributed by atoms with Gasteiger partial charge in [0.25, 0.3) is 0 Å². The number of benzene rings is 1. The van der Waals surface area contributed by atoms with Gasteiger partial charge in [-0.2, -0.15) is 0 Å². The van der Waals surface area contributed by atoms with Crippen molar-refractivity contribution >= 4 is 21.7 Å². The Bertz CT molecular complexity index is 528. The normalized spacial score (nSPS) is 11.1. The zero-order valence-electron chi connectivity index (χ0n) is 10.8. The Balaban J connectivity index is 2.66. The van der Waals surface area contributed by atoms with Gasteiger partial charge in [0.2, 0.25) is 10.0 Å². The third-order valence-corrected chi connectivity index (χ3v) is 3.66. The highest BCUT2D eigenvalue weighted by atomic mass is 32.2. The number of hydrogen-bond donors (Lipinski definition) is 2. The molecule has 0 fully saturated rings. The maximum absolute atomic E-state index is 11.8. The minimum atomic E-state index is -3.59. The van der Waals surface area contributed by atoms with Gasteiger partial charge in [-0.25, -0.2) is 8.42 Å². The molecule has 0 atom stereocenters. The Morgan fingerprint density at radius 2 is 2.05 bits per heavy atom. The minimum Gasteiger partial charge on any atom is -0.466 e. The summed E-state index contributed by atoms with van der Waals surface area (Å²) < 4.78 is 30.7. The summed E-state index contributed by atoms with van der Waals surface area (Å²) in [6.07, 6.45) is -0.173. The summed E-state index contributed by atoms with van der Waals surface area (Å²) >= 11 is 0. The Labute approximate surface area is 113 Å². The average Bonchev–Trinajstić information content (AvgIpc) is 2.37. The SMILES string of the molecule is CCOC(=O)CCS(=O)(=O)Nc1ccccc1CN. The second-order valence-electron chi connectivity index (χ2n) is 3.84. The van der Waals surface area contributed by atoms with Crippen LogP contribution in [0.5, 0.6) is 0 Å². The van der Waals surface area contributed by atoms with Crippen molar-refractivity contribution in [3.05, 3.63) is 29.8 Å². The van der Waals surface area contributed by atoms with Gasteiger partial charge < -0.3 is 10.5 Å². The molecule has 0 unspecified atom stereocenters. The predicted octanol–water partition coefficient (Wildman–Crippen LogP) is 0.840.